The molecule has 0 heterocycles. The third-order valence-corrected chi connectivity index (χ3v) is 3.61. The quantitative estimate of drug-likeness (QED) is 0.767. The number of amides is 1. The number of carbonyl (C=O) groups is 1. The lowest BCUT2D eigenvalue weighted by molar-refractivity contribution is -0.140. The van der Waals surface area contributed by atoms with Gasteiger partial charge >= 0.3 is 0 Å². The molecule has 0 bridgehead atoms. The fourth-order valence-corrected chi connectivity index (χ4v) is 2.18. The summed E-state index contributed by atoms with van der Waals surface area (Å²) in [6.07, 6.45) is 4.41. The molecule has 0 atom stereocenters. The fourth-order valence-electron chi connectivity index (χ4n) is 2.18. The molecule has 1 amide bonds. The summed E-state index contributed by atoms with van der Waals surface area (Å²) in [5.41, 5.74) is -0.724. The van der Waals surface area contributed by atoms with Crippen molar-refractivity contribution in [1.29, 1.82) is 0 Å². The van der Waals surface area contributed by atoms with Crippen molar-refractivity contribution >= 4 is 5.91 Å². The highest BCUT2D eigenvalue weighted by Crippen LogP contribution is 2.19. The molecule has 0 spiro atoms. The molecule has 1 aliphatic carbocycles. The van der Waals surface area contributed by atoms with Gasteiger partial charge in [0.2, 0.25) is 0 Å². The molecule has 0 saturated heterocycles. The first-order valence-electron chi connectivity index (χ1n) is 6.59. The normalized spacial score (nSPS) is 25.6. The topological polar surface area (TPSA) is 50.4 Å². The van der Waals surface area contributed by atoms with Gasteiger partial charge in [-0.2, -0.15) is 0 Å². The molecule has 4 heteroatoms. The SMILES string of the molecule is CCNC1CCC(NC(=O)C(C)(C)OC)CC1. The van der Waals surface area contributed by atoms with Crippen LogP contribution in [0.15, 0.2) is 0 Å². The summed E-state index contributed by atoms with van der Waals surface area (Å²) in [5.74, 6) is -0.00750. The van der Waals surface area contributed by atoms with Crippen molar-refractivity contribution in [2.24, 2.45) is 0 Å². The van der Waals surface area contributed by atoms with Crippen molar-refractivity contribution in [3.8, 4) is 0 Å². The molecule has 0 aromatic heterocycles. The average molecular weight is 242 g/mol. The lowest BCUT2D eigenvalue weighted by Gasteiger charge is -2.32. The maximum Gasteiger partial charge on any atom is 0.251 e. The van der Waals surface area contributed by atoms with Crippen LogP contribution in [0.5, 0.6) is 0 Å². The van der Waals surface area contributed by atoms with Crippen LogP contribution in [0.2, 0.25) is 0 Å². The van der Waals surface area contributed by atoms with Gasteiger partial charge in [0.15, 0.2) is 0 Å². The number of hydrogen-bond donors (Lipinski definition) is 2. The van der Waals surface area contributed by atoms with Gasteiger partial charge in [0, 0.05) is 19.2 Å². The standard InChI is InChI=1S/C13H26N2O2/c1-5-14-10-6-8-11(9-7-10)15-12(16)13(2,3)17-4/h10-11,14H,5-9H2,1-4H3,(H,15,16). The highest BCUT2D eigenvalue weighted by Gasteiger charge is 2.30. The van der Waals surface area contributed by atoms with Gasteiger partial charge in [-0.1, -0.05) is 6.92 Å². The Kier molecular flexibility index (Phi) is 5.40. The highest BCUT2D eigenvalue weighted by atomic mass is 16.5. The maximum absolute atomic E-state index is 11.9. The van der Waals surface area contributed by atoms with Crippen molar-refractivity contribution < 1.29 is 9.53 Å². The minimum Gasteiger partial charge on any atom is -0.369 e. The Morgan fingerprint density at radius 2 is 1.76 bits per heavy atom. The number of nitrogens with one attached hydrogen (secondary N) is 2. The lowest BCUT2D eigenvalue weighted by atomic mass is 9.90. The van der Waals surface area contributed by atoms with E-state index in [0.29, 0.717) is 12.1 Å². The summed E-state index contributed by atoms with van der Waals surface area (Å²) < 4.78 is 5.18. The smallest absolute Gasteiger partial charge is 0.251 e. The van der Waals surface area contributed by atoms with Gasteiger partial charge in [0.05, 0.1) is 0 Å². The van der Waals surface area contributed by atoms with Gasteiger partial charge in [-0.25, -0.2) is 0 Å². The van der Waals surface area contributed by atoms with E-state index in [1.165, 1.54) is 0 Å². The summed E-state index contributed by atoms with van der Waals surface area (Å²) >= 11 is 0. The Balaban J connectivity index is 2.33. The van der Waals surface area contributed by atoms with Gasteiger partial charge in [0.25, 0.3) is 5.91 Å². The second-order valence-electron chi connectivity index (χ2n) is 5.29. The number of ether oxygens (including phenoxy) is 1. The van der Waals surface area contributed by atoms with E-state index in [-0.39, 0.29) is 5.91 Å². The number of carbonyl (C=O) groups excluding carboxylic acids is 1. The monoisotopic (exact) mass is 242 g/mol. The predicted octanol–water partition coefficient (Wildman–Crippen LogP) is 1.45. The summed E-state index contributed by atoms with van der Waals surface area (Å²) in [6, 6.07) is 0.940. The van der Waals surface area contributed by atoms with Crippen molar-refractivity contribution in [3.05, 3.63) is 0 Å². The van der Waals surface area contributed by atoms with E-state index >= 15 is 0 Å². The summed E-state index contributed by atoms with van der Waals surface area (Å²) in [6.45, 7) is 6.76. The summed E-state index contributed by atoms with van der Waals surface area (Å²) in [5, 5.41) is 6.54. The second-order valence-corrected chi connectivity index (χ2v) is 5.29. The van der Waals surface area contributed by atoms with Crippen LogP contribution >= 0.6 is 0 Å². The Morgan fingerprint density at radius 3 is 2.24 bits per heavy atom. The minimum atomic E-state index is -0.724. The molecule has 0 unspecified atom stereocenters. The van der Waals surface area contributed by atoms with Crippen LogP contribution in [0.1, 0.15) is 46.5 Å². The number of rotatable bonds is 5. The Bertz CT molecular complexity index is 246. The third-order valence-electron chi connectivity index (χ3n) is 3.61. The molecule has 0 aromatic carbocycles. The molecular weight excluding hydrogens is 216 g/mol. The molecule has 4 nitrogen and oxygen atoms in total. The Hall–Kier alpha value is -0.610. The van der Waals surface area contributed by atoms with E-state index in [0.717, 1.165) is 32.2 Å². The van der Waals surface area contributed by atoms with E-state index in [4.69, 9.17) is 4.74 Å². The van der Waals surface area contributed by atoms with Crippen LogP contribution < -0.4 is 10.6 Å². The van der Waals surface area contributed by atoms with E-state index in [9.17, 15) is 4.79 Å². The van der Waals surface area contributed by atoms with Crippen LogP contribution in [-0.4, -0.2) is 37.2 Å². The highest BCUT2D eigenvalue weighted by molar-refractivity contribution is 5.84. The van der Waals surface area contributed by atoms with E-state index in [1.807, 2.05) is 0 Å². The van der Waals surface area contributed by atoms with E-state index in [2.05, 4.69) is 17.6 Å². The molecule has 2 N–H and O–H groups in total. The van der Waals surface area contributed by atoms with E-state index < -0.39 is 5.60 Å². The van der Waals surface area contributed by atoms with Gasteiger partial charge < -0.3 is 15.4 Å². The average Bonchev–Trinajstić information content (AvgIpc) is 2.32. The lowest BCUT2D eigenvalue weighted by Crippen LogP contribution is -2.49. The van der Waals surface area contributed by atoms with Crippen LogP contribution in [0.25, 0.3) is 0 Å². The maximum atomic E-state index is 11.9. The zero-order chi connectivity index (χ0) is 12.9. The fraction of sp³-hybridized carbons (Fsp3) is 0.923. The largest absolute Gasteiger partial charge is 0.369 e. The van der Waals surface area contributed by atoms with Gasteiger partial charge in [0.1, 0.15) is 5.60 Å². The van der Waals surface area contributed by atoms with Crippen molar-refractivity contribution in [1.82, 2.24) is 10.6 Å². The molecule has 1 saturated carbocycles. The Morgan fingerprint density at radius 1 is 1.24 bits per heavy atom. The van der Waals surface area contributed by atoms with Crippen LogP contribution in [0.3, 0.4) is 0 Å². The van der Waals surface area contributed by atoms with Crippen LogP contribution in [0, 0.1) is 0 Å². The number of methoxy groups -OCH3 is 1. The van der Waals surface area contributed by atoms with Crippen LogP contribution in [-0.2, 0) is 9.53 Å². The predicted molar refractivity (Wildman–Crippen MR) is 69.0 cm³/mol. The number of hydrogen-bond acceptors (Lipinski definition) is 3. The summed E-state index contributed by atoms with van der Waals surface area (Å²) in [7, 11) is 1.57. The first kappa shape index (κ1) is 14.5. The van der Waals surface area contributed by atoms with Gasteiger partial charge in [-0.15, -0.1) is 0 Å². The molecule has 17 heavy (non-hydrogen) atoms. The van der Waals surface area contributed by atoms with Gasteiger partial charge in [-0.05, 0) is 46.1 Å². The molecular formula is C13H26N2O2. The van der Waals surface area contributed by atoms with Crippen molar-refractivity contribution in [3.63, 3.8) is 0 Å². The molecule has 100 valence electrons. The zero-order valence-electron chi connectivity index (χ0n) is 11.5. The Labute approximate surface area is 104 Å². The minimum absolute atomic E-state index is 0.00750. The second kappa shape index (κ2) is 6.36. The molecule has 0 radical (unpaired) electrons. The molecule has 0 aliphatic heterocycles. The molecule has 1 rings (SSSR count). The first-order chi connectivity index (χ1) is 7.99. The molecule has 1 aliphatic rings. The molecule has 0 aromatic rings. The first-order valence-corrected chi connectivity index (χ1v) is 6.59. The molecule has 1 fully saturated rings. The van der Waals surface area contributed by atoms with Gasteiger partial charge in [-0.3, -0.25) is 4.79 Å². The zero-order valence-corrected chi connectivity index (χ0v) is 11.5. The van der Waals surface area contributed by atoms with E-state index in [1.54, 1.807) is 21.0 Å². The third kappa shape index (κ3) is 4.28. The van der Waals surface area contributed by atoms with Crippen LogP contribution in [0.4, 0.5) is 0 Å². The van der Waals surface area contributed by atoms with Crippen molar-refractivity contribution in [2.75, 3.05) is 13.7 Å². The summed E-state index contributed by atoms with van der Waals surface area (Å²) in [4.78, 5) is 11.9. The van der Waals surface area contributed by atoms with Crippen molar-refractivity contribution in [2.45, 2.75) is 64.1 Å².